The summed E-state index contributed by atoms with van der Waals surface area (Å²) in [5.41, 5.74) is 1.17. The van der Waals surface area contributed by atoms with E-state index in [4.69, 9.17) is 16.3 Å². The Bertz CT molecular complexity index is 864. The number of hydrogen-bond donors (Lipinski definition) is 1. The highest BCUT2D eigenvalue weighted by molar-refractivity contribution is 6.30. The zero-order valence-corrected chi connectivity index (χ0v) is 12.7. The van der Waals surface area contributed by atoms with Gasteiger partial charge < -0.3 is 9.84 Å². The fourth-order valence-electron chi connectivity index (χ4n) is 2.19. The highest BCUT2D eigenvalue weighted by Gasteiger charge is 2.23. The van der Waals surface area contributed by atoms with E-state index in [-0.39, 0.29) is 5.69 Å². The molecule has 0 saturated carbocycles. The summed E-state index contributed by atoms with van der Waals surface area (Å²) in [4.78, 5) is 15.5. The molecule has 0 spiro atoms. The zero-order valence-electron chi connectivity index (χ0n) is 12.0. The zero-order chi connectivity index (χ0) is 16.4. The van der Waals surface area contributed by atoms with E-state index in [0.29, 0.717) is 27.7 Å². The summed E-state index contributed by atoms with van der Waals surface area (Å²) in [6, 6.07) is 8.40. The van der Waals surface area contributed by atoms with E-state index in [1.54, 1.807) is 42.7 Å². The second-order valence-electron chi connectivity index (χ2n) is 4.56. The van der Waals surface area contributed by atoms with Crippen molar-refractivity contribution in [2.75, 3.05) is 7.11 Å². The van der Waals surface area contributed by atoms with E-state index in [1.165, 1.54) is 11.8 Å². The van der Waals surface area contributed by atoms with Crippen molar-refractivity contribution in [3.05, 3.63) is 53.4 Å². The van der Waals surface area contributed by atoms with E-state index in [2.05, 4.69) is 15.3 Å². The fraction of sp³-hybridized carbons (Fsp3) is 0.0667. The molecule has 0 unspecified atom stereocenters. The molecule has 0 aliphatic rings. The normalized spacial score (nSPS) is 10.5. The van der Waals surface area contributed by atoms with Crippen LogP contribution in [0.3, 0.4) is 0 Å². The molecule has 0 saturated heterocycles. The van der Waals surface area contributed by atoms with Crippen LogP contribution >= 0.6 is 11.6 Å². The third kappa shape index (κ3) is 2.74. The topological polar surface area (TPSA) is 90.1 Å². The first-order valence-corrected chi connectivity index (χ1v) is 6.93. The van der Waals surface area contributed by atoms with Gasteiger partial charge in [-0.1, -0.05) is 16.8 Å². The minimum Gasteiger partial charge on any atom is -0.494 e. The van der Waals surface area contributed by atoms with Crippen LogP contribution in [0.25, 0.3) is 16.9 Å². The number of aromatic carboxylic acids is 1. The van der Waals surface area contributed by atoms with Crippen LogP contribution in [-0.2, 0) is 0 Å². The summed E-state index contributed by atoms with van der Waals surface area (Å²) in [5.74, 6) is -0.697. The first-order chi connectivity index (χ1) is 11.1. The van der Waals surface area contributed by atoms with Crippen LogP contribution in [0.15, 0.2) is 42.7 Å². The van der Waals surface area contributed by atoms with Crippen molar-refractivity contribution in [2.45, 2.75) is 0 Å². The molecule has 3 aromatic rings. The number of aromatic nitrogens is 4. The summed E-state index contributed by atoms with van der Waals surface area (Å²) in [5, 5.41) is 17.6. The maximum Gasteiger partial charge on any atom is 0.358 e. The van der Waals surface area contributed by atoms with Crippen molar-refractivity contribution in [1.82, 2.24) is 20.0 Å². The highest BCUT2D eigenvalue weighted by Crippen LogP contribution is 2.31. The maximum absolute atomic E-state index is 11.5. The van der Waals surface area contributed by atoms with E-state index in [9.17, 15) is 9.90 Å². The van der Waals surface area contributed by atoms with Gasteiger partial charge in [-0.3, -0.25) is 4.98 Å². The molecule has 8 heteroatoms. The predicted molar refractivity (Wildman–Crippen MR) is 83.1 cm³/mol. The SMILES string of the molecule is COc1ccc(Cl)cc1-n1nnc(C(=O)O)c1-c1cccnc1. The Hall–Kier alpha value is -2.93. The third-order valence-electron chi connectivity index (χ3n) is 3.18. The van der Waals surface area contributed by atoms with Crippen LogP contribution in [-0.4, -0.2) is 38.2 Å². The van der Waals surface area contributed by atoms with Gasteiger partial charge in [-0.2, -0.15) is 0 Å². The largest absolute Gasteiger partial charge is 0.494 e. The molecule has 0 aliphatic heterocycles. The number of rotatable bonds is 4. The van der Waals surface area contributed by atoms with Crippen LogP contribution in [0.5, 0.6) is 5.75 Å². The van der Waals surface area contributed by atoms with E-state index in [0.717, 1.165) is 0 Å². The summed E-state index contributed by atoms with van der Waals surface area (Å²) in [7, 11) is 1.51. The third-order valence-corrected chi connectivity index (χ3v) is 3.41. The van der Waals surface area contributed by atoms with Crippen molar-refractivity contribution >= 4 is 17.6 Å². The number of nitrogens with zero attached hydrogens (tertiary/aromatic N) is 4. The number of carboxylic acids is 1. The summed E-state index contributed by atoms with van der Waals surface area (Å²) < 4.78 is 6.69. The van der Waals surface area contributed by atoms with Gasteiger partial charge in [0.15, 0.2) is 5.69 Å². The number of halogens is 1. The lowest BCUT2D eigenvalue weighted by molar-refractivity contribution is 0.0691. The molecule has 2 heterocycles. The van der Waals surface area contributed by atoms with E-state index >= 15 is 0 Å². The Balaban J connectivity index is 2.30. The van der Waals surface area contributed by atoms with Gasteiger partial charge >= 0.3 is 5.97 Å². The lowest BCUT2D eigenvalue weighted by Gasteiger charge is -2.11. The minimum absolute atomic E-state index is 0.181. The van der Waals surface area contributed by atoms with Crippen molar-refractivity contribution in [2.24, 2.45) is 0 Å². The number of ether oxygens (including phenoxy) is 1. The molecule has 0 amide bonds. The summed E-state index contributed by atoms with van der Waals surface area (Å²) in [6.45, 7) is 0. The first kappa shape index (κ1) is 15.0. The van der Waals surface area contributed by atoms with Gasteiger partial charge in [-0.15, -0.1) is 5.10 Å². The minimum atomic E-state index is -1.18. The molecule has 0 atom stereocenters. The Morgan fingerprint density at radius 3 is 2.83 bits per heavy atom. The van der Waals surface area contributed by atoms with Crippen LogP contribution < -0.4 is 4.74 Å². The quantitative estimate of drug-likeness (QED) is 0.791. The average molecular weight is 331 g/mol. The lowest BCUT2D eigenvalue weighted by Crippen LogP contribution is -2.05. The molecule has 1 aromatic carbocycles. The first-order valence-electron chi connectivity index (χ1n) is 6.55. The van der Waals surface area contributed by atoms with E-state index in [1.807, 2.05) is 0 Å². The van der Waals surface area contributed by atoms with Gasteiger partial charge in [-0.05, 0) is 30.3 Å². The predicted octanol–water partition coefficient (Wildman–Crippen LogP) is 2.69. The van der Waals surface area contributed by atoms with Crippen molar-refractivity contribution in [3.63, 3.8) is 0 Å². The molecular formula is C15H11ClN4O3. The fourth-order valence-corrected chi connectivity index (χ4v) is 2.35. The Morgan fingerprint density at radius 1 is 1.35 bits per heavy atom. The van der Waals surface area contributed by atoms with Gasteiger partial charge in [0.05, 0.1) is 7.11 Å². The number of methoxy groups -OCH3 is 1. The smallest absolute Gasteiger partial charge is 0.358 e. The van der Waals surface area contributed by atoms with Gasteiger partial charge in [0.1, 0.15) is 17.1 Å². The summed E-state index contributed by atoms with van der Waals surface area (Å²) >= 11 is 6.05. The number of pyridine rings is 1. The second kappa shape index (κ2) is 6.05. The molecule has 116 valence electrons. The van der Waals surface area contributed by atoms with Crippen LogP contribution in [0.2, 0.25) is 5.02 Å². The molecule has 23 heavy (non-hydrogen) atoms. The van der Waals surface area contributed by atoms with Gasteiger partial charge in [0, 0.05) is 23.0 Å². The van der Waals surface area contributed by atoms with Crippen molar-refractivity contribution < 1.29 is 14.6 Å². The molecule has 0 aliphatic carbocycles. The Morgan fingerprint density at radius 2 is 2.17 bits per heavy atom. The maximum atomic E-state index is 11.5. The van der Waals surface area contributed by atoms with Crippen molar-refractivity contribution in [1.29, 1.82) is 0 Å². The van der Waals surface area contributed by atoms with Crippen molar-refractivity contribution in [3.8, 4) is 22.7 Å². The molecule has 0 fully saturated rings. The van der Waals surface area contributed by atoms with Crippen LogP contribution in [0.4, 0.5) is 0 Å². The van der Waals surface area contributed by atoms with Gasteiger partial charge in [0.25, 0.3) is 0 Å². The average Bonchev–Trinajstić information content (AvgIpc) is 3.00. The standard InChI is InChI=1S/C15H11ClN4O3/c1-23-12-5-4-10(16)7-11(12)20-14(9-3-2-6-17-8-9)13(15(21)22)18-19-20/h2-8H,1H3,(H,21,22). The molecule has 3 rings (SSSR count). The Kier molecular flexibility index (Phi) is 3.94. The van der Waals surface area contributed by atoms with Crippen LogP contribution in [0, 0.1) is 0 Å². The number of carbonyl (C=O) groups is 1. The molecule has 0 bridgehead atoms. The molecule has 0 radical (unpaired) electrons. The Labute approximate surface area is 136 Å². The van der Waals surface area contributed by atoms with Gasteiger partial charge in [-0.25, -0.2) is 9.48 Å². The summed E-state index contributed by atoms with van der Waals surface area (Å²) in [6.07, 6.45) is 3.14. The van der Waals surface area contributed by atoms with E-state index < -0.39 is 5.97 Å². The van der Waals surface area contributed by atoms with Crippen LogP contribution in [0.1, 0.15) is 10.5 Å². The number of hydrogen-bond acceptors (Lipinski definition) is 5. The number of carboxylic acid groups (broad SMARTS) is 1. The number of benzene rings is 1. The molecular weight excluding hydrogens is 320 g/mol. The van der Waals surface area contributed by atoms with Gasteiger partial charge in [0.2, 0.25) is 0 Å². The monoisotopic (exact) mass is 330 g/mol. The molecule has 2 aromatic heterocycles. The second-order valence-corrected chi connectivity index (χ2v) is 5.00. The molecule has 1 N–H and O–H groups in total. The lowest BCUT2D eigenvalue weighted by atomic mass is 10.1. The molecule has 7 nitrogen and oxygen atoms in total. The highest BCUT2D eigenvalue weighted by atomic mass is 35.5.